The normalized spacial score (nSPS) is 11.6. The average molecular weight is 364 g/mol. The molecule has 0 saturated heterocycles. The number of ether oxygens (including phenoxy) is 1. The fourth-order valence-corrected chi connectivity index (χ4v) is 4.47. The van der Waals surface area contributed by atoms with Gasteiger partial charge in [0.2, 0.25) is 0 Å². The lowest BCUT2D eigenvalue weighted by atomic mass is 10.2. The van der Waals surface area contributed by atoms with E-state index >= 15 is 0 Å². The number of methoxy groups -OCH3 is 1. The summed E-state index contributed by atoms with van der Waals surface area (Å²) < 4.78 is 35.2. The van der Waals surface area contributed by atoms with Crippen molar-refractivity contribution in [2.75, 3.05) is 11.8 Å². The number of anilines is 1. The van der Waals surface area contributed by atoms with Gasteiger partial charge in [0.25, 0.3) is 10.0 Å². The molecule has 24 heavy (non-hydrogen) atoms. The Balaban J connectivity index is 2.05. The Morgan fingerprint density at radius 2 is 1.92 bits per heavy atom. The molecule has 0 aliphatic carbocycles. The molecule has 126 valence electrons. The highest BCUT2D eigenvalue weighted by atomic mass is 32.2. The molecule has 0 fully saturated rings. The van der Waals surface area contributed by atoms with E-state index in [1.165, 1.54) is 23.8 Å². The number of sulfonamides is 1. The Morgan fingerprint density at radius 3 is 2.62 bits per heavy atom. The monoisotopic (exact) mass is 364 g/mol. The molecule has 2 aromatic carbocycles. The van der Waals surface area contributed by atoms with E-state index in [2.05, 4.69) is 4.72 Å². The van der Waals surface area contributed by atoms with Crippen molar-refractivity contribution in [3.05, 3.63) is 51.6 Å². The molecule has 1 N–H and O–H groups in total. The second-order valence-corrected chi connectivity index (χ2v) is 8.04. The predicted molar refractivity (Wildman–Crippen MR) is 95.6 cm³/mol. The van der Waals surface area contributed by atoms with Crippen LogP contribution in [0.1, 0.15) is 5.56 Å². The minimum absolute atomic E-state index is 0.0976. The maximum absolute atomic E-state index is 12.7. The number of aryl methyl sites for hydroxylation is 2. The van der Waals surface area contributed by atoms with Gasteiger partial charge in [-0.15, -0.1) is 0 Å². The summed E-state index contributed by atoms with van der Waals surface area (Å²) in [5.74, 6) is 0.439. The number of rotatable bonds is 4. The van der Waals surface area contributed by atoms with Gasteiger partial charge in [-0.05, 0) is 42.8 Å². The number of nitrogens with zero attached hydrogens (tertiary/aromatic N) is 1. The van der Waals surface area contributed by atoms with Crippen molar-refractivity contribution in [2.45, 2.75) is 11.8 Å². The highest BCUT2D eigenvalue weighted by molar-refractivity contribution is 7.92. The summed E-state index contributed by atoms with van der Waals surface area (Å²) in [5.41, 5.74) is 1.99. The highest BCUT2D eigenvalue weighted by Crippen LogP contribution is 2.29. The molecule has 0 amide bonds. The lowest BCUT2D eigenvalue weighted by Crippen LogP contribution is -2.13. The molecule has 0 radical (unpaired) electrons. The molecular weight excluding hydrogens is 348 g/mol. The van der Waals surface area contributed by atoms with Gasteiger partial charge in [-0.25, -0.2) is 8.42 Å². The van der Waals surface area contributed by atoms with E-state index in [0.29, 0.717) is 21.7 Å². The third kappa shape index (κ3) is 2.90. The molecule has 3 rings (SSSR count). The SMILES string of the molecule is COc1ccc(C)cc1NS(=O)(=O)c1ccc2c(c1)sc(=O)n2C. The van der Waals surface area contributed by atoms with Crippen LogP contribution in [-0.2, 0) is 17.1 Å². The van der Waals surface area contributed by atoms with Crippen LogP contribution in [0.4, 0.5) is 5.69 Å². The first-order valence-corrected chi connectivity index (χ1v) is 9.39. The molecule has 1 aromatic heterocycles. The Labute approximate surface area is 143 Å². The van der Waals surface area contributed by atoms with Gasteiger partial charge in [0.05, 0.1) is 27.9 Å². The molecule has 3 aromatic rings. The minimum Gasteiger partial charge on any atom is -0.495 e. The zero-order valence-electron chi connectivity index (χ0n) is 13.4. The molecule has 0 saturated carbocycles. The summed E-state index contributed by atoms with van der Waals surface area (Å²) in [6.07, 6.45) is 0. The molecule has 0 unspecified atom stereocenters. The van der Waals surface area contributed by atoms with Gasteiger partial charge >= 0.3 is 4.87 Å². The van der Waals surface area contributed by atoms with Crippen LogP contribution in [0.2, 0.25) is 0 Å². The zero-order chi connectivity index (χ0) is 17.5. The van der Waals surface area contributed by atoms with E-state index in [1.807, 2.05) is 13.0 Å². The van der Waals surface area contributed by atoms with Crippen LogP contribution in [0.15, 0.2) is 46.1 Å². The number of thiazole rings is 1. The van der Waals surface area contributed by atoms with Crippen LogP contribution in [0, 0.1) is 6.92 Å². The molecule has 0 aliphatic heterocycles. The van der Waals surface area contributed by atoms with Crippen LogP contribution in [0.5, 0.6) is 5.75 Å². The molecule has 6 nitrogen and oxygen atoms in total. The predicted octanol–water partition coefficient (Wildman–Crippen LogP) is 2.72. The lowest BCUT2D eigenvalue weighted by molar-refractivity contribution is 0.417. The van der Waals surface area contributed by atoms with Crippen molar-refractivity contribution in [1.82, 2.24) is 4.57 Å². The van der Waals surface area contributed by atoms with Crippen molar-refractivity contribution in [2.24, 2.45) is 7.05 Å². The van der Waals surface area contributed by atoms with Crippen LogP contribution < -0.4 is 14.3 Å². The van der Waals surface area contributed by atoms with Gasteiger partial charge in [0.15, 0.2) is 0 Å². The van der Waals surface area contributed by atoms with Crippen molar-refractivity contribution < 1.29 is 13.2 Å². The average Bonchev–Trinajstić information content (AvgIpc) is 2.81. The van der Waals surface area contributed by atoms with Crippen molar-refractivity contribution in [1.29, 1.82) is 0 Å². The first kappa shape index (κ1) is 16.5. The smallest absolute Gasteiger partial charge is 0.307 e. The Hall–Kier alpha value is -2.32. The van der Waals surface area contributed by atoms with Gasteiger partial charge in [0, 0.05) is 7.05 Å². The maximum Gasteiger partial charge on any atom is 0.307 e. The van der Waals surface area contributed by atoms with Crippen molar-refractivity contribution in [3.8, 4) is 5.75 Å². The minimum atomic E-state index is -3.79. The van der Waals surface area contributed by atoms with Gasteiger partial charge in [0.1, 0.15) is 5.75 Å². The van der Waals surface area contributed by atoms with E-state index in [1.54, 1.807) is 25.2 Å². The Kier molecular flexibility index (Phi) is 4.10. The van der Waals surface area contributed by atoms with Gasteiger partial charge in [-0.2, -0.15) is 0 Å². The third-order valence-corrected chi connectivity index (χ3v) is 6.03. The van der Waals surface area contributed by atoms with E-state index in [4.69, 9.17) is 4.74 Å². The molecular formula is C16H16N2O4S2. The molecule has 0 aliphatic rings. The van der Waals surface area contributed by atoms with E-state index in [9.17, 15) is 13.2 Å². The number of nitrogens with one attached hydrogen (secondary N) is 1. The van der Waals surface area contributed by atoms with Crippen molar-refractivity contribution >= 4 is 37.3 Å². The molecule has 8 heteroatoms. The zero-order valence-corrected chi connectivity index (χ0v) is 15.0. The van der Waals surface area contributed by atoms with Crippen LogP contribution in [0.25, 0.3) is 10.2 Å². The third-order valence-electron chi connectivity index (χ3n) is 3.67. The van der Waals surface area contributed by atoms with Gasteiger partial charge in [-0.3, -0.25) is 9.52 Å². The summed E-state index contributed by atoms with van der Waals surface area (Å²) in [4.78, 5) is 11.7. The number of benzene rings is 2. The molecule has 0 atom stereocenters. The standard InChI is InChI=1S/C16H16N2O4S2/c1-10-4-7-14(22-3)12(8-10)17-24(20,21)11-5-6-13-15(9-11)23-16(19)18(13)2/h4-9,17H,1-3H3. The summed E-state index contributed by atoms with van der Waals surface area (Å²) in [6.45, 7) is 1.87. The molecule has 0 spiro atoms. The van der Waals surface area contributed by atoms with E-state index in [-0.39, 0.29) is 9.77 Å². The van der Waals surface area contributed by atoms with Crippen LogP contribution >= 0.6 is 11.3 Å². The van der Waals surface area contributed by atoms with E-state index < -0.39 is 10.0 Å². The number of hydrogen-bond acceptors (Lipinski definition) is 5. The largest absolute Gasteiger partial charge is 0.495 e. The van der Waals surface area contributed by atoms with E-state index in [0.717, 1.165) is 16.9 Å². The maximum atomic E-state index is 12.7. The number of fused-ring (bicyclic) bond motifs is 1. The second kappa shape index (κ2) is 5.95. The second-order valence-electron chi connectivity index (χ2n) is 5.37. The fraction of sp³-hybridized carbons (Fsp3) is 0.188. The van der Waals surface area contributed by atoms with Crippen LogP contribution in [0.3, 0.4) is 0 Å². The van der Waals surface area contributed by atoms with Gasteiger partial charge < -0.3 is 9.30 Å². The summed E-state index contributed by atoms with van der Waals surface area (Å²) >= 11 is 1.02. The number of aromatic nitrogens is 1. The first-order chi connectivity index (χ1) is 11.3. The van der Waals surface area contributed by atoms with Crippen molar-refractivity contribution in [3.63, 3.8) is 0 Å². The molecule has 1 heterocycles. The highest BCUT2D eigenvalue weighted by Gasteiger charge is 2.18. The summed E-state index contributed by atoms with van der Waals surface area (Å²) in [5, 5.41) is 0. The Bertz CT molecular complexity index is 1080. The topological polar surface area (TPSA) is 77.4 Å². The molecule has 0 bridgehead atoms. The fourth-order valence-electron chi connectivity index (χ4n) is 2.39. The van der Waals surface area contributed by atoms with Gasteiger partial charge in [-0.1, -0.05) is 17.4 Å². The lowest BCUT2D eigenvalue weighted by Gasteiger charge is -2.12. The number of hydrogen-bond donors (Lipinski definition) is 1. The quantitative estimate of drug-likeness (QED) is 0.772. The first-order valence-electron chi connectivity index (χ1n) is 7.09. The summed E-state index contributed by atoms with van der Waals surface area (Å²) in [6, 6.07) is 9.87. The van der Waals surface area contributed by atoms with Crippen LogP contribution in [-0.4, -0.2) is 20.1 Å². The summed E-state index contributed by atoms with van der Waals surface area (Å²) in [7, 11) is -0.652. The Morgan fingerprint density at radius 1 is 1.17 bits per heavy atom.